The zero-order valence-corrected chi connectivity index (χ0v) is 38.1. The van der Waals surface area contributed by atoms with Gasteiger partial charge in [0, 0.05) is 33.4 Å². The molecule has 0 aliphatic carbocycles. The molecule has 0 heterocycles. The Bertz CT molecular complexity index is 3690. The zero-order chi connectivity index (χ0) is 47.0. The Labute approximate surface area is 404 Å². The van der Waals surface area contributed by atoms with E-state index >= 15 is 0 Å². The minimum absolute atomic E-state index is 0.191. The van der Waals surface area contributed by atoms with Crippen LogP contribution in [-0.4, -0.2) is 36.6 Å². The van der Waals surface area contributed by atoms with E-state index in [-0.39, 0.29) is 37.9 Å². The van der Waals surface area contributed by atoms with Crippen LogP contribution in [0, 0.1) is 0 Å². The van der Waals surface area contributed by atoms with Crippen LogP contribution in [0.25, 0.3) is 98.0 Å². The molecule has 0 spiro atoms. The Morgan fingerprint density at radius 1 is 0.214 bits per heavy atom. The molecule has 0 fully saturated rings. The van der Waals surface area contributed by atoms with Crippen molar-refractivity contribution in [3.05, 3.63) is 218 Å². The third kappa shape index (κ3) is 7.66. The summed E-state index contributed by atoms with van der Waals surface area (Å²) in [5.74, 6) is 3.09. The first kappa shape index (κ1) is 42.4. The van der Waals surface area contributed by atoms with E-state index in [1.54, 1.807) is 12.1 Å². The van der Waals surface area contributed by atoms with Crippen LogP contribution in [0.4, 0.5) is 0 Å². The van der Waals surface area contributed by atoms with E-state index in [1.807, 2.05) is 109 Å². The number of phenols is 2. The summed E-state index contributed by atoms with van der Waals surface area (Å²) in [6.07, 6.45) is 0. The van der Waals surface area contributed by atoms with Gasteiger partial charge in [-0.3, -0.25) is 0 Å². The van der Waals surface area contributed by atoms with Crippen LogP contribution in [0.3, 0.4) is 0 Å². The number of aromatic hydroxyl groups is 2. The molecule has 12 aromatic carbocycles. The van der Waals surface area contributed by atoms with E-state index in [4.69, 9.17) is 18.9 Å². The first-order valence-electron chi connectivity index (χ1n) is 23.6. The fraction of sp³-hybridized carbons (Fsp3) is 0.0625. The monoisotopic (exact) mass is 910 g/mol. The summed E-state index contributed by atoms with van der Waals surface area (Å²) >= 11 is 0. The second-order valence-corrected chi connectivity index (χ2v) is 17.4. The highest BCUT2D eigenvalue weighted by Crippen LogP contribution is 2.48. The number of rotatable bonds is 13. The van der Waals surface area contributed by atoms with Crippen molar-refractivity contribution in [3.63, 3.8) is 0 Å². The molecule has 70 heavy (non-hydrogen) atoms. The lowest BCUT2D eigenvalue weighted by atomic mass is 9.92. The third-order valence-corrected chi connectivity index (χ3v) is 13.3. The lowest BCUT2D eigenvalue weighted by Gasteiger charge is -2.21. The van der Waals surface area contributed by atoms with Gasteiger partial charge in [-0.25, -0.2) is 0 Å². The first-order chi connectivity index (χ1) is 34.6. The maximum Gasteiger partial charge on any atom is 0.128 e. The average Bonchev–Trinajstić information content (AvgIpc) is 3.41. The molecule has 0 unspecified atom stereocenters. The van der Waals surface area contributed by atoms with Crippen molar-refractivity contribution in [2.24, 2.45) is 0 Å². The van der Waals surface area contributed by atoms with E-state index in [9.17, 15) is 10.2 Å². The summed E-state index contributed by atoms with van der Waals surface area (Å²) in [6, 6.07) is 73.0. The quantitative estimate of drug-likeness (QED) is 0.112. The Hall–Kier alpha value is -9.00. The topological polar surface area (TPSA) is 77.4 Å². The molecule has 0 bridgehead atoms. The van der Waals surface area contributed by atoms with Crippen molar-refractivity contribution in [2.75, 3.05) is 26.4 Å². The highest BCUT2D eigenvalue weighted by atomic mass is 16.5. The number of fused-ring (bicyclic) bond motifs is 6. The van der Waals surface area contributed by atoms with Crippen molar-refractivity contribution >= 4 is 64.6 Å². The fourth-order valence-electron chi connectivity index (χ4n) is 10.2. The molecule has 0 aliphatic heterocycles. The molecule has 0 atom stereocenters. The maximum absolute atomic E-state index is 11.4. The third-order valence-electron chi connectivity index (χ3n) is 13.3. The molecule has 0 aliphatic rings. The summed E-state index contributed by atoms with van der Waals surface area (Å²) in [6.45, 7) is 0.974. The molecular formula is C64H46O6. The predicted octanol–water partition coefficient (Wildman–Crippen LogP) is 15.9. The SMILES string of the molecule is Oc1ccc2ccccc2c1-c1c(OCCOc2ccc3ccccc3c2-c2c(OCCOc3ccc4ccccc4c3-c3c(O)ccc4ccccc34)ccc3ccccc23)ccc2ccccc12. The van der Waals surface area contributed by atoms with Crippen LogP contribution in [-0.2, 0) is 0 Å². The summed E-state index contributed by atoms with van der Waals surface area (Å²) in [7, 11) is 0. The van der Waals surface area contributed by atoms with Crippen molar-refractivity contribution in [1.29, 1.82) is 0 Å². The van der Waals surface area contributed by atoms with Gasteiger partial charge in [0.25, 0.3) is 0 Å². The van der Waals surface area contributed by atoms with Crippen LogP contribution in [0.15, 0.2) is 218 Å². The largest absolute Gasteiger partial charge is 0.507 e. The van der Waals surface area contributed by atoms with Gasteiger partial charge in [0.1, 0.15) is 60.9 Å². The number of benzene rings is 12. The highest BCUT2D eigenvalue weighted by Gasteiger charge is 2.22. The van der Waals surface area contributed by atoms with Gasteiger partial charge in [-0.15, -0.1) is 0 Å². The molecule has 0 saturated heterocycles. The number of hydrogen-bond acceptors (Lipinski definition) is 6. The van der Waals surface area contributed by atoms with Gasteiger partial charge in [0.15, 0.2) is 0 Å². The number of ether oxygens (including phenoxy) is 4. The number of hydrogen-bond donors (Lipinski definition) is 2. The Balaban J connectivity index is 0.864. The molecule has 6 nitrogen and oxygen atoms in total. The molecule has 12 aromatic rings. The van der Waals surface area contributed by atoms with Gasteiger partial charge < -0.3 is 29.2 Å². The van der Waals surface area contributed by atoms with Crippen LogP contribution in [0.2, 0.25) is 0 Å². The highest BCUT2D eigenvalue weighted by molar-refractivity contribution is 6.12. The normalized spacial score (nSPS) is 11.5. The number of phenolic OH excluding ortho intramolecular Hbond substituents is 2. The smallest absolute Gasteiger partial charge is 0.128 e. The standard InChI is InChI=1S/C64H46O6/c65-53-31-25-41-13-1-7-19-47(41)59(53)61-49-21-9-3-15-43(49)27-33-55(61)67-37-39-69-57-35-29-45-17-5-11-23-51(45)63(57)64-52-24-12-6-18-46(52)30-36-58(64)70-40-38-68-56-34-28-44-16-4-10-22-50(44)62(56)60-48-20-8-2-14-42(48)26-32-54(60)66/h1-36,65-66H,37-40H2. The second kappa shape index (κ2) is 18.2. The lowest BCUT2D eigenvalue weighted by Crippen LogP contribution is -2.11. The summed E-state index contributed by atoms with van der Waals surface area (Å²) in [4.78, 5) is 0. The van der Waals surface area contributed by atoms with Gasteiger partial charge in [0.05, 0.1) is 0 Å². The van der Waals surface area contributed by atoms with Crippen LogP contribution in [0.1, 0.15) is 0 Å². The first-order valence-corrected chi connectivity index (χ1v) is 23.6. The molecule has 0 saturated carbocycles. The minimum Gasteiger partial charge on any atom is -0.507 e. The van der Waals surface area contributed by atoms with Crippen molar-refractivity contribution in [3.8, 4) is 67.9 Å². The fourth-order valence-corrected chi connectivity index (χ4v) is 10.2. The summed E-state index contributed by atoms with van der Waals surface area (Å²) in [5.41, 5.74) is 4.98. The Morgan fingerprint density at radius 3 is 0.671 bits per heavy atom. The van der Waals surface area contributed by atoms with Gasteiger partial charge in [-0.05, 0) is 101 Å². The van der Waals surface area contributed by atoms with Gasteiger partial charge >= 0.3 is 0 Å². The summed E-state index contributed by atoms with van der Waals surface area (Å²) < 4.78 is 26.9. The van der Waals surface area contributed by atoms with Crippen molar-refractivity contribution < 1.29 is 29.2 Å². The molecular weight excluding hydrogens is 865 g/mol. The minimum atomic E-state index is 0.191. The second-order valence-electron chi connectivity index (χ2n) is 17.4. The van der Waals surface area contributed by atoms with E-state index in [1.165, 1.54) is 0 Å². The van der Waals surface area contributed by atoms with Crippen molar-refractivity contribution in [1.82, 2.24) is 0 Å². The average molecular weight is 911 g/mol. The van der Waals surface area contributed by atoms with E-state index in [2.05, 4.69) is 97.1 Å². The van der Waals surface area contributed by atoms with Crippen LogP contribution in [0.5, 0.6) is 34.5 Å². The Kier molecular flexibility index (Phi) is 11.0. The van der Waals surface area contributed by atoms with Gasteiger partial charge in [-0.2, -0.15) is 0 Å². The maximum atomic E-state index is 11.4. The van der Waals surface area contributed by atoms with E-state index in [0.29, 0.717) is 23.0 Å². The Morgan fingerprint density at radius 2 is 0.414 bits per heavy atom. The summed E-state index contributed by atoms with van der Waals surface area (Å²) in [5, 5.41) is 35.1. The van der Waals surface area contributed by atoms with Crippen LogP contribution < -0.4 is 18.9 Å². The van der Waals surface area contributed by atoms with Gasteiger partial charge in [0.2, 0.25) is 0 Å². The molecule has 2 N–H and O–H groups in total. The molecule has 0 radical (unpaired) electrons. The molecule has 0 aromatic heterocycles. The van der Waals surface area contributed by atoms with Crippen molar-refractivity contribution in [2.45, 2.75) is 0 Å². The molecule has 338 valence electrons. The van der Waals surface area contributed by atoms with Crippen LogP contribution >= 0.6 is 0 Å². The van der Waals surface area contributed by atoms with E-state index in [0.717, 1.165) is 98.0 Å². The van der Waals surface area contributed by atoms with E-state index < -0.39 is 0 Å². The molecule has 0 amide bonds. The molecule has 6 heteroatoms. The van der Waals surface area contributed by atoms with Gasteiger partial charge in [-0.1, -0.05) is 182 Å². The zero-order valence-electron chi connectivity index (χ0n) is 38.1. The molecule has 12 rings (SSSR count). The predicted molar refractivity (Wildman–Crippen MR) is 286 cm³/mol. The lowest BCUT2D eigenvalue weighted by molar-refractivity contribution is 0.216.